The largest absolute Gasteiger partial charge is 0.476 e. The first-order valence-electron chi connectivity index (χ1n) is 8.11. The Hall–Kier alpha value is -2.04. The van der Waals surface area contributed by atoms with Gasteiger partial charge >= 0.3 is 0 Å². The summed E-state index contributed by atoms with van der Waals surface area (Å²) in [5.41, 5.74) is 0.888. The summed E-state index contributed by atoms with van der Waals surface area (Å²) in [6, 6.07) is 19.2. The molecule has 1 aliphatic heterocycles. The molecular formula is C19H23ClN2O2. The topological polar surface area (TPSA) is 41.6 Å². The summed E-state index contributed by atoms with van der Waals surface area (Å²) in [7, 11) is 0. The van der Waals surface area contributed by atoms with Gasteiger partial charge in [0, 0.05) is 25.2 Å². The Morgan fingerprint density at radius 1 is 0.958 bits per heavy atom. The second-order valence-corrected chi connectivity index (χ2v) is 5.65. The molecule has 1 unspecified atom stereocenters. The minimum atomic E-state index is -0.600. The molecule has 0 aromatic heterocycles. The molecule has 24 heavy (non-hydrogen) atoms. The van der Waals surface area contributed by atoms with Gasteiger partial charge in [-0.1, -0.05) is 48.5 Å². The molecule has 1 fully saturated rings. The predicted octanol–water partition coefficient (Wildman–Crippen LogP) is 3.05. The number of nitrogens with zero attached hydrogens (tertiary/aromatic N) is 1. The lowest BCUT2D eigenvalue weighted by molar-refractivity contribution is -0.138. The van der Waals surface area contributed by atoms with E-state index in [1.54, 1.807) is 0 Å². The molecule has 1 N–H and O–H groups in total. The van der Waals surface area contributed by atoms with E-state index >= 15 is 0 Å². The zero-order chi connectivity index (χ0) is 15.9. The van der Waals surface area contributed by atoms with E-state index in [1.807, 2.05) is 65.6 Å². The van der Waals surface area contributed by atoms with Gasteiger partial charge in [0.2, 0.25) is 6.10 Å². The van der Waals surface area contributed by atoms with Gasteiger partial charge < -0.3 is 15.0 Å². The van der Waals surface area contributed by atoms with Gasteiger partial charge in [0.05, 0.1) is 0 Å². The molecule has 4 nitrogen and oxygen atoms in total. The lowest BCUT2D eigenvalue weighted by Crippen LogP contribution is -2.39. The number of para-hydroxylation sites is 1. The Morgan fingerprint density at radius 3 is 2.33 bits per heavy atom. The summed E-state index contributed by atoms with van der Waals surface area (Å²) in [6.07, 6.45) is 0.371. The van der Waals surface area contributed by atoms with E-state index in [4.69, 9.17) is 4.74 Å². The Morgan fingerprint density at radius 2 is 1.62 bits per heavy atom. The number of carbonyl (C=O) groups excluding carboxylic acids is 1. The van der Waals surface area contributed by atoms with Gasteiger partial charge in [0.1, 0.15) is 5.75 Å². The van der Waals surface area contributed by atoms with Crippen molar-refractivity contribution in [2.45, 2.75) is 12.5 Å². The summed E-state index contributed by atoms with van der Waals surface area (Å²) in [4.78, 5) is 14.9. The number of carbonyl (C=O) groups is 1. The molecule has 1 atom stereocenters. The van der Waals surface area contributed by atoms with Crippen molar-refractivity contribution < 1.29 is 9.53 Å². The molecule has 2 aromatic rings. The van der Waals surface area contributed by atoms with Gasteiger partial charge in [-0.25, -0.2) is 0 Å². The fourth-order valence-corrected chi connectivity index (χ4v) is 2.76. The van der Waals surface area contributed by atoms with E-state index in [2.05, 4.69) is 5.32 Å². The van der Waals surface area contributed by atoms with E-state index in [0.29, 0.717) is 5.75 Å². The van der Waals surface area contributed by atoms with E-state index in [9.17, 15) is 4.79 Å². The molecule has 1 heterocycles. The fraction of sp³-hybridized carbons (Fsp3) is 0.316. The average molecular weight is 347 g/mol. The van der Waals surface area contributed by atoms with E-state index < -0.39 is 6.10 Å². The van der Waals surface area contributed by atoms with Crippen molar-refractivity contribution in [3.63, 3.8) is 0 Å². The number of hydrogen-bond acceptors (Lipinski definition) is 3. The quantitative estimate of drug-likeness (QED) is 0.925. The van der Waals surface area contributed by atoms with Crippen LogP contribution in [0.15, 0.2) is 60.7 Å². The lowest BCUT2D eigenvalue weighted by Gasteiger charge is -2.26. The predicted molar refractivity (Wildman–Crippen MR) is 97.6 cm³/mol. The van der Waals surface area contributed by atoms with Gasteiger partial charge in [-0.05, 0) is 25.1 Å². The minimum absolute atomic E-state index is 0. The lowest BCUT2D eigenvalue weighted by atomic mass is 10.1. The molecule has 1 amide bonds. The highest BCUT2D eigenvalue weighted by molar-refractivity contribution is 5.85. The maximum absolute atomic E-state index is 13.0. The summed E-state index contributed by atoms with van der Waals surface area (Å²) in [5.74, 6) is 0.742. The van der Waals surface area contributed by atoms with Gasteiger partial charge in [0.15, 0.2) is 0 Å². The highest BCUT2D eigenvalue weighted by atomic mass is 35.5. The smallest absolute Gasteiger partial charge is 0.268 e. The first-order chi connectivity index (χ1) is 11.3. The van der Waals surface area contributed by atoms with Crippen molar-refractivity contribution in [3.8, 4) is 5.75 Å². The number of amides is 1. The molecular weight excluding hydrogens is 324 g/mol. The minimum Gasteiger partial charge on any atom is -0.476 e. The molecule has 2 aromatic carbocycles. The van der Waals surface area contributed by atoms with E-state index in [-0.39, 0.29) is 18.3 Å². The van der Waals surface area contributed by atoms with Crippen LogP contribution in [0.5, 0.6) is 5.75 Å². The van der Waals surface area contributed by atoms with Crippen molar-refractivity contribution in [1.29, 1.82) is 0 Å². The van der Waals surface area contributed by atoms with Crippen molar-refractivity contribution in [2.24, 2.45) is 0 Å². The van der Waals surface area contributed by atoms with Crippen molar-refractivity contribution in [1.82, 2.24) is 10.2 Å². The van der Waals surface area contributed by atoms with Crippen molar-refractivity contribution in [3.05, 3.63) is 66.2 Å². The fourth-order valence-electron chi connectivity index (χ4n) is 2.76. The number of ether oxygens (including phenoxy) is 1. The molecule has 0 radical (unpaired) electrons. The van der Waals surface area contributed by atoms with Crippen LogP contribution in [0, 0.1) is 0 Å². The summed E-state index contributed by atoms with van der Waals surface area (Å²) >= 11 is 0. The van der Waals surface area contributed by atoms with Crippen LogP contribution in [-0.4, -0.2) is 37.0 Å². The SMILES string of the molecule is Cl.O=C(C(Oc1ccccc1)c1ccccc1)N1CCCNCC1. The molecule has 0 spiro atoms. The molecule has 0 saturated carbocycles. The van der Waals surface area contributed by atoms with E-state index in [0.717, 1.165) is 38.2 Å². The Balaban J connectivity index is 0.00000208. The van der Waals surface area contributed by atoms with Crippen LogP contribution in [0.3, 0.4) is 0 Å². The molecule has 0 aliphatic carbocycles. The molecule has 1 saturated heterocycles. The third-order valence-corrected chi connectivity index (χ3v) is 3.98. The maximum atomic E-state index is 13.0. The Kier molecular flexibility index (Phi) is 7.09. The molecule has 5 heteroatoms. The summed E-state index contributed by atoms with van der Waals surface area (Å²) in [5, 5.41) is 3.33. The second kappa shape index (κ2) is 9.30. The zero-order valence-electron chi connectivity index (χ0n) is 13.6. The molecule has 0 bridgehead atoms. The monoisotopic (exact) mass is 346 g/mol. The number of hydrogen-bond donors (Lipinski definition) is 1. The van der Waals surface area contributed by atoms with Crippen molar-refractivity contribution >= 4 is 18.3 Å². The first-order valence-corrected chi connectivity index (χ1v) is 8.11. The standard InChI is InChI=1S/C19H22N2O2.ClH/c22-19(21-14-7-12-20-13-15-21)18(16-8-3-1-4-9-16)23-17-10-5-2-6-11-17;/h1-6,8-11,18,20H,7,12-15H2;1H. The summed E-state index contributed by atoms with van der Waals surface area (Å²) in [6.45, 7) is 3.28. The van der Waals surface area contributed by atoms with Crippen LogP contribution in [-0.2, 0) is 4.79 Å². The van der Waals surface area contributed by atoms with Crippen LogP contribution < -0.4 is 10.1 Å². The first kappa shape index (κ1) is 18.3. The molecule has 3 rings (SSSR count). The number of benzene rings is 2. The van der Waals surface area contributed by atoms with Crippen LogP contribution in [0.1, 0.15) is 18.1 Å². The third kappa shape index (κ3) is 4.73. The number of nitrogens with one attached hydrogen (secondary N) is 1. The summed E-state index contributed by atoms with van der Waals surface area (Å²) < 4.78 is 6.04. The van der Waals surface area contributed by atoms with Gasteiger partial charge in [-0.15, -0.1) is 12.4 Å². The van der Waals surface area contributed by atoms with Gasteiger partial charge in [-0.2, -0.15) is 0 Å². The number of rotatable bonds is 4. The van der Waals surface area contributed by atoms with Crippen LogP contribution in [0.25, 0.3) is 0 Å². The van der Waals surface area contributed by atoms with Gasteiger partial charge in [0.25, 0.3) is 5.91 Å². The zero-order valence-corrected chi connectivity index (χ0v) is 14.4. The third-order valence-electron chi connectivity index (χ3n) is 3.98. The van der Waals surface area contributed by atoms with E-state index in [1.165, 1.54) is 0 Å². The Bertz CT molecular complexity index is 614. The second-order valence-electron chi connectivity index (χ2n) is 5.65. The highest BCUT2D eigenvalue weighted by Gasteiger charge is 2.28. The molecule has 1 aliphatic rings. The number of halogens is 1. The molecule has 128 valence electrons. The van der Waals surface area contributed by atoms with Crippen LogP contribution >= 0.6 is 12.4 Å². The normalized spacial score (nSPS) is 15.8. The van der Waals surface area contributed by atoms with Crippen molar-refractivity contribution in [2.75, 3.05) is 26.2 Å². The highest BCUT2D eigenvalue weighted by Crippen LogP contribution is 2.24. The average Bonchev–Trinajstić information content (AvgIpc) is 2.90. The van der Waals surface area contributed by atoms with Crippen LogP contribution in [0.2, 0.25) is 0 Å². The Labute approximate surface area is 149 Å². The van der Waals surface area contributed by atoms with Gasteiger partial charge in [-0.3, -0.25) is 4.79 Å². The maximum Gasteiger partial charge on any atom is 0.268 e. The van der Waals surface area contributed by atoms with Crippen LogP contribution in [0.4, 0.5) is 0 Å².